The number of carbonyl (C=O) groups excluding carboxylic acids is 1. The molecule has 1 rings (SSSR count). The number of pyridine rings is 1. The first-order chi connectivity index (χ1) is 6.60. The van der Waals surface area contributed by atoms with E-state index in [0.717, 1.165) is 0 Å². The molecule has 0 bridgehead atoms. The van der Waals surface area contributed by atoms with Crippen molar-refractivity contribution in [3.8, 4) is 5.75 Å². The SMILES string of the molecule is COc1c(I)cc(C(F)F)nc1C=O. The molecule has 0 aromatic carbocycles. The second kappa shape index (κ2) is 4.63. The predicted octanol–water partition coefficient (Wildman–Crippen LogP) is 2.44. The smallest absolute Gasteiger partial charge is 0.280 e. The molecule has 0 N–H and O–H groups in total. The van der Waals surface area contributed by atoms with Crippen molar-refractivity contribution in [3.05, 3.63) is 21.0 Å². The van der Waals surface area contributed by atoms with Gasteiger partial charge in [0, 0.05) is 0 Å². The lowest BCUT2D eigenvalue weighted by Crippen LogP contribution is -2.01. The summed E-state index contributed by atoms with van der Waals surface area (Å²) in [6, 6.07) is 1.19. The minimum atomic E-state index is -2.69. The Bertz CT molecular complexity index is 357. The Kier molecular flexibility index (Phi) is 3.73. The fourth-order valence-corrected chi connectivity index (χ4v) is 1.75. The highest BCUT2D eigenvalue weighted by atomic mass is 127. The number of methoxy groups -OCH3 is 1. The third kappa shape index (κ3) is 2.17. The van der Waals surface area contributed by atoms with E-state index in [0.29, 0.717) is 9.86 Å². The molecule has 0 spiro atoms. The van der Waals surface area contributed by atoms with E-state index in [2.05, 4.69) is 4.98 Å². The molecule has 0 saturated carbocycles. The largest absolute Gasteiger partial charge is 0.493 e. The fraction of sp³-hybridized carbons (Fsp3) is 0.250. The molecule has 0 fully saturated rings. The van der Waals surface area contributed by atoms with Crippen LogP contribution in [0, 0.1) is 3.57 Å². The van der Waals surface area contributed by atoms with Crippen molar-refractivity contribution in [3.63, 3.8) is 0 Å². The summed E-state index contributed by atoms with van der Waals surface area (Å²) >= 11 is 1.81. The predicted molar refractivity (Wildman–Crippen MR) is 53.9 cm³/mol. The summed E-state index contributed by atoms with van der Waals surface area (Å²) in [5, 5.41) is 0. The summed E-state index contributed by atoms with van der Waals surface area (Å²) in [4.78, 5) is 14.0. The number of carbonyl (C=O) groups is 1. The van der Waals surface area contributed by atoms with Crippen LogP contribution in [-0.2, 0) is 0 Å². The lowest BCUT2D eigenvalue weighted by Gasteiger charge is -2.07. The van der Waals surface area contributed by atoms with Crippen LogP contribution in [0.2, 0.25) is 0 Å². The van der Waals surface area contributed by atoms with Gasteiger partial charge in [0.05, 0.1) is 10.7 Å². The first-order valence-corrected chi connectivity index (χ1v) is 4.65. The maximum atomic E-state index is 12.3. The van der Waals surface area contributed by atoms with Gasteiger partial charge in [-0.15, -0.1) is 0 Å². The van der Waals surface area contributed by atoms with E-state index in [-0.39, 0.29) is 11.4 Å². The van der Waals surface area contributed by atoms with E-state index in [1.54, 1.807) is 0 Å². The molecule has 0 radical (unpaired) electrons. The van der Waals surface area contributed by atoms with Crippen molar-refractivity contribution in [2.45, 2.75) is 6.43 Å². The standard InChI is InChI=1S/C8H6F2INO2/c1-14-7-4(11)2-5(8(9)10)12-6(7)3-13/h2-3,8H,1H3. The van der Waals surface area contributed by atoms with Crippen LogP contribution in [0.15, 0.2) is 6.07 Å². The second-order valence-corrected chi connectivity index (χ2v) is 3.53. The van der Waals surface area contributed by atoms with Crippen molar-refractivity contribution in [2.75, 3.05) is 7.11 Å². The van der Waals surface area contributed by atoms with Crippen LogP contribution in [0.25, 0.3) is 0 Å². The van der Waals surface area contributed by atoms with Crippen molar-refractivity contribution in [2.24, 2.45) is 0 Å². The molecular formula is C8H6F2INO2. The van der Waals surface area contributed by atoms with Crippen molar-refractivity contribution in [1.29, 1.82) is 0 Å². The van der Waals surface area contributed by atoms with Crippen molar-refractivity contribution in [1.82, 2.24) is 4.98 Å². The average Bonchev–Trinajstić information content (AvgIpc) is 2.16. The van der Waals surface area contributed by atoms with Crippen LogP contribution in [-0.4, -0.2) is 18.4 Å². The van der Waals surface area contributed by atoms with Crippen LogP contribution in [0.3, 0.4) is 0 Å². The van der Waals surface area contributed by atoms with Crippen LogP contribution in [0.5, 0.6) is 5.75 Å². The van der Waals surface area contributed by atoms with E-state index >= 15 is 0 Å². The van der Waals surface area contributed by atoms with E-state index in [9.17, 15) is 13.6 Å². The zero-order valence-corrected chi connectivity index (χ0v) is 9.29. The van der Waals surface area contributed by atoms with Crippen LogP contribution in [0.1, 0.15) is 22.6 Å². The second-order valence-electron chi connectivity index (χ2n) is 2.37. The number of ether oxygens (including phenoxy) is 1. The Balaban J connectivity index is 3.31. The van der Waals surface area contributed by atoms with Gasteiger partial charge in [0.2, 0.25) is 0 Å². The molecule has 3 nitrogen and oxygen atoms in total. The molecule has 0 aliphatic heterocycles. The van der Waals surface area contributed by atoms with Gasteiger partial charge in [-0.2, -0.15) is 0 Å². The Morgan fingerprint density at radius 1 is 1.64 bits per heavy atom. The number of halogens is 3. The summed E-state index contributed by atoms with van der Waals surface area (Å²) in [6.07, 6.45) is -2.29. The molecule has 0 aliphatic rings. The molecule has 6 heteroatoms. The Morgan fingerprint density at radius 2 is 2.29 bits per heavy atom. The van der Waals surface area contributed by atoms with Gasteiger partial charge in [-0.1, -0.05) is 0 Å². The maximum Gasteiger partial charge on any atom is 0.280 e. The summed E-state index contributed by atoms with van der Waals surface area (Å²) in [5.41, 5.74) is -0.521. The van der Waals surface area contributed by atoms with Gasteiger partial charge < -0.3 is 4.74 Å². The van der Waals surface area contributed by atoms with Gasteiger partial charge in [0.15, 0.2) is 12.0 Å². The molecule has 0 atom stereocenters. The number of hydrogen-bond acceptors (Lipinski definition) is 3. The molecule has 14 heavy (non-hydrogen) atoms. The Morgan fingerprint density at radius 3 is 2.71 bits per heavy atom. The third-order valence-corrected chi connectivity index (χ3v) is 2.31. The zero-order valence-electron chi connectivity index (χ0n) is 7.13. The highest BCUT2D eigenvalue weighted by Crippen LogP contribution is 2.27. The van der Waals surface area contributed by atoms with Gasteiger partial charge in [-0.3, -0.25) is 4.79 Å². The Hall–Kier alpha value is -0.790. The van der Waals surface area contributed by atoms with Gasteiger partial charge in [0.1, 0.15) is 11.4 Å². The third-order valence-electron chi connectivity index (χ3n) is 1.51. The summed E-state index contributed by atoms with van der Waals surface area (Å²) in [5.74, 6) is 0.227. The van der Waals surface area contributed by atoms with Crippen molar-refractivity contribution >= 4 is 28.9 Å². The van der Waals surface area contributed by atoms with Gasteiger partial charge in [-0.25, -0.2) is 13.8 Å². The van der Waals surface area contributed by atoms with Crippen LogP contribution >= 0.6 is 22.6 Å². The molecule has 0 amide bonds. The topological polar surface area (TPSA) is 39.2 Å². The first-order valence-electron chi connectivity index (χ1n) is 3.58. The normalized spacial score (nSPS) is 10.4. The van der Waals surface area contributed by atoms with Gasteiger partial charge in [-0.05, 0) is 28.7 Å². The molecule has 0 unspecified atom stereocenters. The van der Waals surface area contributed by atoms with E-state index in [4.69, 9.17) is 4.74 Å². The summed E-state index contributed by atoms with van der Waals surface area (Å²) < 4.78 is 29.9. The molecule has 1 heterocycles. The lowest BCUT2D eigenvalue weighted by molar-refractivity contribution is 0.111. The number of hydrogen-bond donors (Lipinski definition) is 0. The van der Waals surface area contributed by atoms with Gasteiger partial charge >= 0.3 is 0 Å². The highest BCUT2D eigenvalue weighted by Gasteiger charge is 2.16. The monoisotopic (exact) mass is 313 g/mol. The maximum absolute atomic E-state index is 12.3. The van der Waals surface area contributed by atoms with Crippen LogP contribution < -0.4 is 4.74 Å². The van der Waals surface area contributed by atoms with Crippen molar-refractivity contribution < 1.29 is 18.3 Å². The molecule has 0 saturated heterocycles. The quantitative estimate of drug-likeness (QED) is 0.635. The molecule has 1 aromatic heterocycles. The number of nitrogens with zero attached hydrogens (tertiary/aromatic N) is 1. The van der Waals surface area contributed by atoms with E-state index in [1.165, 1.54) is 13.2 Å². The summed E-state index contributed by atoms with van der Waals surface area (Å²) in [6.45, 7) is 0. The number of rotatable bonds is 3. The molecule has 0 aliphatic carbocycles. The van der Waals surface area contributed by atoms with E-state index in [1.807, 2.05) is 22.6 Å². The number of aromatic nitrogens is 1. The number of aldehydes is 1. The molecule has 1 aromatic rings. The minimum Gasteiger partial charge on any atom is -0.493 e. The number of alkyl halides is 2. The molecule has 76 valence electrons. The zero-order chi connectivity index (χ0) is 10.7. The van der Waals surface area contributed by atoms with Gasteiger partial charge in [0.25, 0.3) is 6.43 Å². The first kappa shape index (κ1) is 11.3. The Labute approximate surface area is 92.6 Å². The fourth-order valence-electron chi connectivity index (χ4n) is 0.934. The highest BCUT2D eigenvalue weighted by molar-refractivity contribution is 14.1. The van der Waals surface area contributed by atoms with E-state index < -0.39 is 12.1 Å². The minimum absolute atomic E-state index is 0.102. The lowest BCUT2D eigenvalue weighted by atomic mass is 10.3. The average molecular weight is 313 g/mol. The summed E-state index contributed by atoms with van der Waals surface area (Å²) in [7, 11) is 1.36. The van der Waals surface area contributed by atoms with Crippen LogP contribution in [0.4, 0.5) is 8.78 Å². The molecular weight excluding hydrogens is 307 g/mol.